The average molecular weight is 401 g/mol. The molecule has 0 bridgehead atoms. The third-order valence-electron chi connectivity index (χ3n) is 5.37. The predicted molar refractivity (Wildman–Crippen MR) is 118 cm³/mol. The van der Waals surface area contributed by atoms with Crippen molar-refractivity contribution in [1.29, 1.82) is 0 Å². The van der Waals surface area contributed by atoms with Crippen molar-refractivity contribution in [2.45, 2.75) is 58.2 Å². The van der Waals surface area contributed by atoms with Crippen molar-refractivity contribution in [3.8, 4) is 23.0 Å². The van der Waals surface area contributed by atoms with Crippen LogP contribution in [-0.2, 0) is 0 Å². The fourth-order valence-electron chi connectivity index (χ4n) is 4.19. The normalized spacial score (nSPS) is 12.5. The van der Waals surface area contributed by atoms with E-state index in [1.165, 1.54) is 6.07 Å². The molecule has 0 saturated heterocycles. The van der Waals surface area contributed by atoms with Gasteiger partial charge in [0.15, 0.2) is 0 Å². The zero-order valence-electron chi connectivity index (χ0n) is 17.6. The first-order valence-electron chi connectivity index (χ1n) is 9.79. The van der Waals surface area contributed by atoms with E-state index in [1.807, 2.05) is 18.2 Å². The number of phenolic OH excluding ortho intramolecular Hbond substituents is 3. The fraction of sp³-hybridized carbons (Fsp3) is 0.391. The largest absolute Gasteiger partial charge is 0.542 e. The van der Waals surface area contributed by atoms with Gasteiger partial charge in [0.1, 0.15) is 23.0 Å². The summed E-state index contributed by atoms with van der Waals surface area (Å²) < 4.78 is 6.76. The quantitative estimate of drug-likeness (QED) is 0.365. The smallest absolute Gasteiger partial charge is 0.258 e. The molecule has 0 aliphatic rings. The average Bonchev–Trinajstić information content (AvgIpc) is 2.57. The van der Waals surface area contributed by atoms with Crippen LogP contribution in [0, 0.1) is 0 Å². The summed E-state index contributed by atoms with van der Waals surface area (Å²) in [7, 11) is -2.17. The Balaban J connectivity index is 2.48. The fourth-order valence-corrected chi connectivity index (χ4v) is 9.46. The van der Waals surface area contributed by atoms with Gasteiger partial charge >= 0.3 is 0 Å². The SMILES string of the molecule is CC(C)[Si](Oc1cc(O)ccc1/C=C/c1cc(O)cc(O)c1)(C(C)C)C(C)C. The van der Waals surface area contributed by atoms with E-state index in [0.29, 0.717) is 27.9 Å². The highest BCUT2D eigenvalue weighted by Gasteiger charge is 2.47. The Morgan fingerprint density at radius 1 is 0.714 bits per heavy atom. The molecule has 0 aliphatic heterocycles. The Kier molecular flexibility index (Phi) is 6.83. The number of hydrogen-bond donors (Lipinski definition) is 3. The van der Waals surface area contributed by atoms with E-state index in [9.17, 15) is 15.3 Å². The first-order valence-corrected chi connectivity index (χ1v) is 11.9. The van der Waals surface area contributed by atoms with Crippen LogP contribution in [-0.4, -0.2) is 23.6 Å². The molecular weight excluding hydrogens is 368 g/mol. The monoisotopic (exact) mass is 400 g/mol. The molecule has 28 heavy (non-hydrogen) atoms. The van der Waals surface area contributed by atoms with E-state index in [2.05, 4.69) is 41.5 Å². The second-order valence-corrected chi connectivity index (χ2v) is 13.6. The summed E-state index contributed by atoms with van der Waals surface area (Å²) in [5.74, 6) is 0.852. The molecule has 0 atom stereocenters. The highest BCUT2D eigenvalue weighted by molar-refractivity contribution is 6.78. The third-order valence-corrected chi connectivity index (χ3v) is 11.4. The van der Waals surface area contributed by atoms with Crippen LogP contribution in [0.4, 0.5) is 0 Å². The molecule has 0 spiro atoms. The van der Waals surface area contributed by atoms with Gasteiger partial charge in [-0.15, -0.1) is 0 Å². The highest BCUT2D eigenvalue weighted by atomic mass is 28.4. The molecule has 0 heterocycles. The predicted octanol–water partition coefficient (Wildman–Crippen LogP) is 6.53. The molecule has 2 aromatic carbocycles. The number of rotatable bonds is 7. The minimum Gasteiger partial charge on any atom is -0.542 e. The summed E-state index contributed by atoms with van der Waals surface area (Å²) in [6.07, 6.45) is 3.69. The van der Waals surface area contributed by atoms with E-state index in [4.69, 9.17) is 4.43 Å². The van der Waals surface area contributed by atoms with E-state index in [0.717, 1.165) is 5.56 Å². The first kappa shape index (κ1) is 21.9. The minimum absolute atomic E-state index is 0.00711. The Labute approximate surface area is 169 Å². The molecule has 0 saturated carbocycles. The van der Waals surface area contributed by atoms with Crippen LogP contribution in [0.15, 0.2) is 36.4 Å². The van der Waals surface area contributed by atoms with Gasteiger partial charge < -0.3 is 19.7 Å². The number of benzene rings is 2. The molecule has 4 nitrogen and oxygen atoms in total. The summed E-state index contributed by atoms with van der Waals surface area (Å²) in [5.41, 5.74) is 2.76. The summed E-state index contributed by atoms with van der Waals surface area (Å²) >= 11 is 0. The molecule has 0 fully saturated rings. The van der Waals surface area contributed by atoms with E-state index >= 15 is 0 Å². The Morgan fingerprint density at radius 3 is 1.75 bits per heavy atom. The lowest BCUT2D eigenvalue weighted by Gasteiger charge is -2.42. The van der Waals surface area contributed by atoms with Crippen LogP contribution in [0.1, 0.15) is 52.7 Å². The van der Waals surface area contributed by atoms with Crippen LogP contribution in [0.2, 0.25) is 16.6 Å². The lowest BCUT2D eigenvalue weighted by Crippen LogP contribution is -2.50. The topological polar surface area (TPSA) is 69.9 Å². The van der Waals surface area contributed by atoms with Crippen molar-refractivity contribution >= 4 is 20.5 Å². The van der Waals surface area contributed by atoms with Crippen LogP contribution in [0.5, 0.6) is 23.0 Å². The summed E-state index contributed by atoms with van der Waals surface area (Å²) in [6, 6.07) is 9.58. The molecule has 3 N–H and O–H groups in total. The maximum Gasteiger partial charge on any atom is 0.258 e. The van der Waals surface area contributed by atoms with Gasteiger partial charge in [-0.25, -0.2) is 0 Å². The molecule has 0 unspecified atom stereocenters. The molecule has 5 heteroatoms. The van der Waals surface area contributed by atoms with Gasteiger partial charge in [0, 0.05) is 17.7 Å². The van der Waals surface area contributed by atoms with Crippen molar-refractivity contribution in [1.82, 2.24) is 0 Å². The Morgan fingerprint density at radius 2 is 1.25 bits per heavy atom. The molecule has 2 rings (SSSR count). The van der Waals surface area contributed by atoms with Crippen molar-refractivity contribution < 1.29 is 19.7 Å². The summed E-state index contributed by atoms with van der Waals surface area (Å²) in [5, 5.41) is 29.4. The number of hydrogen-bond acceptors (Lipinski definition) is 4. The standard InChI is InChI=1S/C23H32O4Si/c1-15(2)28(16(3)4,17(5)6)27-23-14-20(24)10-9-19(23)8-7-18-11-21(25)13-22(26)12-18/h7-17,24-26H,1-6H3/b8-7+. The van der Waals surface area contributed by atoms with Crippen molar-refractivity contribution in [3.63, 3.8) is 0 Å². The maximum absolute atomic E-state index is 10.1. The van der Waals surface area contributed by atoms with E-state index in [1.54, 1.807) is 24.3 Å². The molecule has 0 aromatic heterocycles. The Hall–Kier alpha value is -2.40. The van der Waals surface area contributed by atoms with Gasteiger partial charge in [-0.3, -0.25) is 0 Å². The molecule has 152 valence electrons. The lowest BCUT2D eigenvalue weighted by atomic mass is 10.1. The maximum atomic E-state index is 10.1. The zero-order valence-corrected chi connectivity index (χ0v) is 18.6. The van der Waals surface area contributed by atoms with Crippen molar-refractivity contribution in [2.75, 3.05) is 0 Å². The van der Waals surface area contributed by atoms with E-state index in [-0.39, 0.29) is 17.2 Å². The zero-order chi connectivity index (χ0) is 21.1. The van der Waals surface area contributed by atoms with Gasteiger partial charge in [-0.1, -0.05) is 53.7 Å². The number of phenols is 3. The van der Waals surface area contributed by atoms with Gasteiger partial charge in [0.2, 0.25) is 0 Å². The van der Waals surface area contributed by atoms with Gasteiger partial charge in [-0.05, 0) is 46.5 Å². The molecule has 0 aliphatic carbocycles. The van der Waals surface area contributed by atoms with Crippen LogP contribution in [0.3, 0.4) is 0 Å². The van der Waals surface area contributed by atoms with Gasteiger partial charge in [0.05, 0.1) is 0 Å². The minimum atomic E-state index is -2.17. The van der Waals surface area contributed by atoms with Gasteiger partial charge in [-0.2, -0.15) is 0 Å². The number of aromatic hydroxyl groups is 3. The first-order chi connectivity index (χ1) is 13.1. The van der Waals surface area contributed by atoms with Crippen molar-refractivity contribution in [2.24, 2.45) is 0 Å². The van der Waals surface area contributed by atoms with Crippen molar-refractivity contribution in [3.05, 3.63) is 47.5 Å². The van der Waals surface area contributed by atoms with Crippen LogP contribution < -0.4 is 4.43 Å². The lowest BCUT2D eigenvalue weighted by molar-refractivity contribution is 0.450. The summed E-state index contributed by atoms with van der Waals surface area (Å²) in [6.45, 7) is 13.3. The highest BCUT2D eigenvalue weighted by Crippen LogP contribution is 2.44. The molecular formula is C23H32O4Si. The molecule has 0 amide bonds. The molecule has 2 aromatic rings. The summed E-state index contributed by atoms with van der Waals surface area (Å²) in [4.78, 5) is 0. The van der Waals surface area contributed by atoms with E-state index < -0.39 is 8.32 Å². The van der Waals surface area contributed by atoms with Crippen LogP contribution in [0.25, 0.3) is 12.2 Å². The molecule has 0 radical (unpaired) electrons. The Bertz CT molecular complexity index is 798. The second-order valence-electron chi connectivity index (χ2n) is 8.26. The third kappa shape index (κ3) is 4.71. The van der Waals surface area contributed by atoms with Crippen LogP contribution >= 0.6 is 0 Å². The van der Waals surface area contributed by atoms with Gasteiger partial charge in [0.25, 0.3) is 8.32 Å². The second kappa shape index (κ2) is 8.74.